The van der Waals surface area contributed by atoms with Gasteiger partial charge in [-0.2, -0.15) is 4.98 Å². The molecule has 4 aromatic heterocycles. The summed E-state index contributed by atoms with van der Waals surface area (Å²) in [5, 5.41) is 3.40. The maximum atomic E-state index is 5.53. The fourth-order valence-electron chi connectivity index (χ4n) is 3.86. The van der Waals surface area contributed by atoms with E-state index in [0.717, 1.165) is 54.5 Å². The lowest BCUT2D eigenvalue weighted by Crippen LogP contribution is -2.14. The number of ether oxygens (including phenoxy) is 2. The first-order valence-electron chi connectivity index (χ1n) is 10.1. The predicted molar refractivity (Wildman–Crippen MR) is 114 cm³/mol. The minimum atomic E-state index is 0.447. The van der Waals surface area contributed by atoms with Crippen molar-refractivity contribution in [1.82, 2.24) is 23.9 Å². The normalized spacial score (nSPS) is 14.9. The van der Waals surface area contributed by atoms with Crippen LogP contribution in [0.5, 0.6) is 5.88 Å². The van der Waals surface area contributed by atoms with Crippen molar-refractivity contribution >= 4 is 17.2 Å². The number of nitrogens with one attached hydrogen (secondary N) is 1. The van der Waals surface area contributed by atoms with Crippen LogP contribution >= 0.6 is 0 Å². The van der Waals surface area contributed by atoms with Gasteiger partial charge in [0.25, 0.3) is 0 Å². The lowest BCUT2D eigenvalue weighted by molar-refractivity contribution is 0.0846. The average Bonchev–Trinajstić information content (AvgIpc) is 3.41. The molecule has 0 aliphatic carbocycles. The maximum absolute atomic E-state index is 5.53. The molecule has 1 aliphatic heterocycles. The largest absolute Gasteiger partial charge is 0.479 e. The molecule has 0 saturated carbocycles. The number of fused-ring (bicyclic) bond motifs is 1. The molecular formula is C22H24N6O2. The van der Waals surface area contributed by atoms with Crippen LogP contribution in [0.3, 0.4) is 0 Å². The van der Waals surface area contributed by atoms with Crippen molar-refractivity contribution < 1.29 is 9.47 Å². The van der Waals surface area contributed by atoms with Crippen molar-refractivity contribution in [3.05, 3.63) is 60.6 Å². The molecule has 5 heterocycles. The van der Waals surface area contributed by atoms with E-state index in [1.165, 1.54) is 0 Å². The quantitative estimate of drug-likeness (QED) is 0.544. The number of imidazole rings is 2. The van der Waals surface area contributed by atoms with Crippen LogP contribution in [0.15, 0.2) is 49.2 Å². The number of anilines is 2. The van der Waals surface area contributed by atoms with Crippen LogP contribution in [0.4, 0.5) is 11.5 Å². The Bertz CT molecular complexity index is 1180. The van der Waals surface area contributed by atoms with Gasteiger partial charge in [-0.1, -0.05) is 0 Å². The van der Waals surface area contributed by atoms with Crippen molar-refractivity contribution in [3.63, 3.8) is 0 Å². The van der Waals surface area contributed by atoms with Gasteiger partial charge in [0, 0.05) is 37.7 Å². The Morgan fingerprint density at radius 3 is 2.77 bits per heavy atom. The highest BCUT2D eigenvalue weighted by Gasteiger charge is 2.19. The summed E-state index contributed by atoms with van der Waals surface area (Å²) < 4.78 is 15.0. The number of pyridine rings is 2. The van der Waals surface area contributed by atoms with E-state index < -0.39 is 0 Å². The third kappa shape index (κ3) is 3.50. The van der Waals surface area contributed by atoms with Crippen LogP contribution in [-0.4, -0.2) is 44.2 Å². The lowest BCUT2D eigenvalue weighted by atomic mass is 9.97. The summed E-state index contributed by atoms with van der Waals surface area (Å²) in [4.78, 5) is 13.8. The third-order valence-corrected chi connectivity index (χ3v) is 5.43. The number of aryl methyl sites for hydroxylation is 1. The van der Waals surface area contributed by atoms with Crippen LogP contribution in [0, 0.1) is 6.92 Å². The number of aromatic nitrogens is 5. The summed E-state index contributed by atoms with van der Waals surface area (Å²) in [6, 6.07) is 7.91. The highest BCUT2D eigenvalue weighted by atomic mass is 16.5. The molecule has 30 heavy (non-hydrogen) atoms. The van der Waals surface area contributed by atoms with Crippen molar-refractivity contribution in [2.45, 2.75) is 25.7 Å². The average molecular weight is 404 g/mol. The molecule has 154 valence electrons. The Hall–Kier alpha value is -3.39. The summed E-state index contributed by atoms with van der Waals surface area (Å²) >= 11 is 0. The van der Waals surface area contributed by atoms with E-state index in [2.05, 4.69) is 25.9 Å². The second kappa shape index (κ2) is 7.79. The van der Waals surface area contributed by atoms with Crippen LogP contribution in [0.2, 0.25) is 0 Å². The molecule has 1 fully saturated rings. The zero-order valence-corrected chi connectivity index (χ0v) is 17.1. The fraction of sp³-hybridized carbons (Fsp3) is 0.318. The van der Waals surface area contributed by atoms with Gasteiger partial charge in [-0.15, -0.1) is 0 Å². The van der Waals surface area contributed by atoms with Gasteiger partial charge in [-0.05, 0) is 44.0 Å². The molecule has 0 spiro atoms. The smallest absolute Gasteiger partial charge is 0.240 e. The molecule has 0 unspecified atom stereocenters. The molecule has 0 amide bonds. The molecule has 0 atom stereocenters. The third-order valence-electron chi connectivity index (χ3n) is 5.43. The highest BCUT2D eigenvalue weighted by Crippen LogP contribution is 2.30. The first kappa shape index (κ1) is 18.6. The number of hydrogen-bond donors (Lipinski definition) is 1. The SMILES string of the molecule is COc1nc(Nc2cccn3cc(C4CCOCC4)nc23)ccc1-n1cnc(C)c1. The molecule has 1 saturated heterocycles. The first-order valence-corrected chi connectivity index (χ1v) is 10.1. The zero-order valence-electron chi connectivity index (χ0n) is 17.1. The van der Waals surface area contributed by atoms with Crippen LogP contribution in [0.1, 0.15) is 30.1 Å². The van der Waals surface area contributed by atoms with Gasteiger partial charge in [0.15, 0.2) is 5.65 Å². The Balaban J connectivity index is 1.45. The molecule has 8 nitrogen and oxygen atoms in total. The summed E-state index contributed by atoms with van der Waals surface area (Å²) in [6.45, 7) is 3.55. The summed E-state index contributed by atoms with van der Waals surface area (Å²) in [5.41, 5.74) is 4.67. The summed E-state index contributed by atoms with van der Waals surface area (Å²) in [5.74, 6) is 1.66. The predicted octanol–water partition coefficient (Wildman–Crippen LogP) is 3.87. The van der Waals surface area contributed by atoms with Crippen molar-refractivity contribution in [2.75, 3.05) is 25.6 Å². The molecular weight excluding hydrogens is 380 g/mol. The minimum Gasteiger partial charge on any atom is -0.479 e. The minimum absolute atomic E-state index is 0.447. The molecule has 0 aromatic carbocycles. The van der Waals surface area contributed by atoms with E-state index in [-0.39, 0.29) is 0 Å². The second-order valence-electron chi connectivity index (χ2n) is 7.48. The standard InChI is InChI=1S/C22H24N6O2/c1-15-12-28(14-23-15)19-5-6-20(26-22(19)29-2)24-17-4-3-9-27-13-18(25-21(17)27)16-7-10-30-11-8-16/h3-6,9,12-14,16H,7-8,10-11H2,1-2H3,(H,24,26). The summed E-state index contributed by atoms with van der Waals surface area (Å²) in [7, 11) is 1.62. The van der Waals surface area contributed by atoms with E-state index in [4.69, 9.17) is 14.5 Å². The van der Waals surface area contributed by atoms with Crippen LogP contribution in [-0.2, 0) is 4.74 Å². The topological polar surface area (TPSA) is 78.5 Å². The van der Waals surface area contributed by atoms with Gasteiger partial charge in [0.1, 0.15) is 11.5 Å². The van der Waals surface area contributed by atoms with E-state index in [1.54, 1.807) is 13.4 Å². The second-order valence-corrected chi connectivity index (χ2v) is 7.48. The van der Waals surface area contributed by atoms with Gasteiger partial charge in [0.2, 0.25) is 5.88 Å². The maximum Gasteiger partial charge on any atom is 0.240 e. The molecule has 0 bridgehead atoms. The fourth-order valence-corrected chi connectivity index (χ4v) is 3.86. The molecule has 5 rings (SSSR count). The van der Waals surface area contributed by atoms with E-state index in [9.17, 15) is 0 Å². The van der Waals surface area contributed by atoms with Crippen molar-refractivity contribution in [1.29, 1.82) is 0 Å². The van der Waals surface area contributed by atoms with Gasteiger partial charge in [0.05, 0.1) is 30.5 Å². The van der Waals surface area contributed by atoms with Crippen LogP contribution < -0.4 is 10.1 Å². The van der Waals surface area contributed by atoms with Crippen LogP contribution in [0.25, 0.3) is 11.3 Å². The molecule has 8 heteroatoms. The number of hydrogen-bond acceptors (Lipinski definition) is 6. The Morgan fingerprint density at radius 1 is 1.13 bits per heavy atom. The van der Waals surface area contributed by atoms with E-state index in [1.807, 2.05) is 48.1 Å². The Morgan fingerprint density at radius 2 is 2.00 bits per heavy atom. The molecule has 0 radical (unpaired) electrons. The molecule has 1 N–H and O–H groups in total. The monoisotopic (exact) mass is 404 g/mol. The number of nitrogens with zero attached hydrogens (tertiary/aromatic N) is 5. The van der Waals surface area contributed by atoms with Gasteiger partial charge in [-0.25, -0.2) is 9.97 Å². The first-order chi connectivity index (χ1) is 14.7. The van der Waals surface area contributed by atoms with E-state index >= 15 is 0 Å². The number of methoxy groups -OCH3 is 1. The van der Waals surface area contributed by atoms with Gasteiger partial charge >= 0.3 is 0 Å². The van der Waals surface area contributed by atoms with Gasteiger partial charge < -0.3 is 23.8 Å². The number of rotatable bonds is 5. The zero-order chi connectivity index (χ0) is 20.5. The molecule has 4 aromatic rings. The highest BCUT2D eigenvalue weighted by molar-refractivity contribution is 5.73. The Labute approximate surface area is 174 Å². The van der Waals surface area contributed by atoms with Crippen molar-refractivity contribution in [2.24, 2.45) is 0 Å². The van der Waals surface area contributed by atoms with Gasteiger partial charge in [-0.3, -0.25) is 0 Å². The van der Waals surface area contributed by atoms with Crippen molar-refractivity contribution in [3.8, 4) is 11.6 Å². The lowest BCUT2D eigenvalue weighted by Gasteiger charge is -2.19. The Kier molecular flexibility index (Phi) is 4.84. The van der Waals surface area contributed by atoms with E-state index in [0.29, 0.717) is 17.6 Å². The summed E-state index contributed by atoms with van der Waals surface area (Å²) in [6.07, 6.45) is 9.87. The molecule has 1 aliphatic rings.